The molecule has 78 heavy (non-hydrogen) atoms. The number of amides is 1. The lowest BCUT2D eigenvalue weighted by molar-refractivity contribution is -0.143. The van der Waals surface area contributed by atoms with E-state index in [1.807, 2.05) is 6.08 Å². The third-order valence-corrected chi connectivity index (χ3v) is 16.7. The Bertz CT molecular complexity index is 1220. The van der Waals surface area contributed by atoms with Crippen molar-refractivity contribution in [2.45, 2.75) is 411 Å². The fourth-order valence-corrected chi connectivity index (χ4v) is 11.3. The molecule has 0 spiro atoms. The number of ether oxygens (including phenoxy) is 1. The minimum absolute atomic E-state index is 0.0228. The maximum Gasteiger partial charge on any atom is 0.305 e. The second kappa shape index (κ2) is 67.8. The summed E-state index contributed by atoms with van der Waals surface area (Å²) >= 11 is 0. The predicted octanol–water partition coefficient (Wildman–Crippen LogP) is 22.9. The van der Waals surface area contributed by atoms with Gasteiger partial charge in [-0.15, -0.1) is 0 Å². The molecule has 0 aromatic rings. The molecular formula is C72H139NO5. The van der Waals surface area contributed by atoms with Crippen LogP contribution in [-0.4, -0.2) is 47.4 Å². The summed E-state index contributed by atoms with van der Waals surface area (Å²) in [6.07, 6.45) is 85.6. The van der Waals surface area contributed by atoms with Crippen LogP contribution in [0.25, 0.3) is 0 Å². The largest absolute Gasteiger partial charge is 0.466 e. The maximum absolute atomic E-state index is 12.5. The third kappa shape index (κ3) is 63.5. The first-order chi connectivity index (χ1) is 38.5. The maximum atomic E-state index is 12.5. The number of nitrogens with one attached hydrogen (secondary N) is 1. The van der Waals surface area contributed by atoms with Gasteiger partial charge in [0.2, 0.25) is 5.91 Å². The van der Waals surface area contributed by atoms with Gasteiger partial charge in [-0.1, -0.05) is 353 Å². The lowest BCUT2D eigenvalue weighted by Gasteiger charge is -2.20. The summed E-state index contributed by atoms with van der Waals surface area (Å²) < 4.78 is 5.50. The van der Waals surface area contributed by atoms with Crippen LogP contribution in [0.3, 0.4) is 0 Å². The van der Waals surface area contributed by atoms with Gasteiger partial charge in [0.25, 0.3) is 0 Å². The van der Waals surface area contributed by atoms with Gasteiger partial charge < -0.3 is 20.3 Å². The summed E-state index contributed by atoms with van der Waals surface area (Å²) in [5, 5.41) is 23.1. The first-order valence-electron chi connectivity index (χ1n) is 35.6. The summed E-state index contributed by atoms with van der Waals surface area (Å²) in [5.74, 6) is -0.0405. The van der Waals surface area contributed by atoms with E-state index in [9.17, 15) is 19.8 Å². The van der Waals surface area contributed by atoms with Crippen LogP contribution in [0, 0.1) is 0 Å². The van der Waals surface area contributed by atoms with Gasteiger partial charge in [-0.3, -0.25) is 9.59 Å². The highest BCUT2D eigenvalue weighted by atomic mass is 16.5. The molecule has 0 rings (SSSR count). The topological polar surface area (TPSA) is 95.9 Å². The molecule has 462 valence electrons. The van der Waals surface area contributed by atoms with Gasteiger partial charge in [0.05, 0.1) is 25.4 Å². The molecule has 0 saturated carbocycles. The lowest BCUT2D eigenvalue weighted by Crippen LogP contribution is -2.45. The molecular weight excluding hydrogens is 959 g/mol. The molecule has 0 aromatic carbocycles. The fraction of sp³-hybridized carbons (Fsp3) is 0.917. The van der Waals surface area contributed by atoms with Gasteiger partial charge in [0, 0.05) is 12.8 Å². The van der Waals surface area contributed by atoms with Crippen LogP contribution in [0.15, 0.2) is 24.3 Å². The van der Waals surface area contributed by atoms with Crippen molar-refractivity contribution < 1.29 is 24.5 Å². The van der Waals surface area contributed by atoms with Gasteiger partial charge in [-0.05, 0) is 57.8 Å². The van der Waals surface area contributed by atoms with Crippen LogP contribution in [0.1, 0.15) is 399 Å². The highest BCUT2D eigenvalue weighted by molar-refractivity contribution is 5.76. The van der Waals surface area contributed by atoms with Gasteiger partial charge in [-0.2, -0.15) is 0 Å². The van der Waals surface area contributed by atoms with E-state index in [4.69, 9.17) is 4.74 Å². The van der Waals surface area contributed by atoms with Gasteiger partial charge in [-0.25, -0.2) is 0 Å². The van der Waals surface area contributed by atoms with E-state index in [-0.39, 0.29) is 18.5 Å². The molecule has 0 heterocycles. The highest BCUT2D eigenvalue weighted by Gasteiger charge is 2.18. The quantitative estimate of drug-likeness (QED) is 0.0320. The van der Waals surface area contributed by atoms with Crippen molar-refractivity contribution in [2.24, 2.45) is 0 Å². The molecule has 0 aliphatic carbocycles. The molecule has 0 aliphatic heterocycles. The average molecular weight is 1100 g/mol. The van der Waals surface area contributed by atoms with Crippen molar-refractivity contribution in [3.63, 3.8) is 0 Å². The van der Waals surface area contributed by atoms with Crippen molar-refractivity contribution >= 4 is 11.9 Å². The Morgan fingerprint density at radius 3 is 0.910 bits per heavy atom. The minimum atomic E-state index is -0.840. The summed E-state index contributed by atoms with van der Waals surface area (Å²) in [5.41, 5.74) is 0. The zero-order valence-corrected chi connectivity index (χ0v) is 52.9. The molecule has 6 heteroatoms. The molecule has 3 N–H and O–H groups in total. The number of aliphatic hydroxyl groups excluding tert-OH is 2. The van der Waals surface area contributed by atoms with E-state index in [1.165, 1.54) is 334 Å². The molecule has 2 atom stereocenters. The molecule has 0 bridgehead atoms. The van der Waals surface area contributed by atoms with Gasteiger partial charge >= 0.3 is 5.97 Å². The molecule has 0 fully saturated rings. The van der Waals surface area contributed by atoms with E-state index in [0.717, 1.165) is 38.5 Å². The van der Waals surface area contributed by atoms with Crippen molar-refractivity contribution in [3.05, 3.63) is 24.3 Å². The number of allylic oxidation sites excluding steroid dienone is 3. The summed E-state index contributed by atoms with van der Waals surface area (Å²) in [6.45, 7) is 4.93. The summed E-state index contributed by atoms with van der Waals surface area (Å²) in [6, 6.07) is -0.623. The number of esters is 1. The Hall–Kier alpha value is -1.66. The monoisotopic (exact) mass is 1100 g/mol. The van der Waals surface area contributed by atoms with Crippen LogP contribution in [-0.2, 0) is 14.3 Å². The van der Waals surface area contributed by atoms with Crippen LogP contribution in [0.2, 0.25) is 0 Å². The van der Waals surface area contributed by atoms with E-state index in [0.29, 0.717) is 19.4 Å². The second-order valence-electron chi connectivity index (χ2n) is 24.6. The average Bonchev–Trinajstić information content (AvgIpc) is 3.44. The number of carbonyl (C=O) groups excluding carboxylic acids is 2. The molecule has 0 radical (unpaired) electrons. The van der Waals surface area contributed by atoms with Crippen molar-refractivity contribution in [3.8, 4) is 0 Å². The normalized spacial score (nSPS) is 12.6. The minimum Gasteiger partial charge on any atom is -0.466 e. The van der Waals surface area contributed by atoms with Crippen LogP contribution < -0.4 is 5.32 Å². The zero-order chi connectivity index (χ0) is 56.4. The molecule has 0 aromatic heterocycles. The van der Waals surface area contributed by atoms with Crippen LogP contribution >= 0.6 is 0 Å². The van der Waals surface area contributed by atoms with Crippen LogP contribution in [0.5, 0.6) is 0 Å². The Kier molecular flexibility index (Phi) is 66.4. The highest BCUT2D eigenvalue weighted by Crippen LogP contribution is 2.19. The predicted molar refractivity (Wildman–Crippen MR) is 343 cm³/mol. The van der Waals surface area contributed by atoms with E-state index < -0.39 is 12.1 Å². The van der Waals surface area contributed by atoms with E-state index in [1.54, 1.807) is 6.08 Å². The standard InChI is InChI=1S/C72H139NO5/c1-3-5-7-9-11-13-15-17-42-46-50-54-58-62-66-72(77)78-67-63-59-55-51-47-43-40-38-36-34-32-30-28-26-24-22-20-18-19-21-23-25-27-29-31-33-35-37-39-41-45-49-53-57-61-65-71(76)73-69(68-74)70(75)64-60-56-52-48-44-16-14-12-10-8-6-4-2/h20,22,60,64,69-70,74-75H,3-19,21,23-59,61-63,65-68H2,1-2H3,(H,73,76)/b22-20-,64-60+. The number of carbonyl (C=O) groups is 2. The summed E-state index contributed by atoms with van der Waals surface area (Å²) in [4.78, 5) is 24.5. The second-order valence-corrected chi connectivity index (χ2v) is 24.6. The first-order valence-corrected chi connectivity index (χ1v) is 35.6. The molecule has 1 amide bonds. The van der Waals surface area contributed by atoms with Gasteiger partial charge in [0.15, 0.2) is 0 Å². The first kappa shape index (κ1) is 76.3. The van der Waals surface area contributed by atoms with Gasteiger partial charge in [0.1, 0.15) is 0 Å². The van der Waals surface area contributed by atoms with E-state index in [2.05, 4.69) is 31.3 Å². The number of hydrogen-bond donors (Lipinski definition) is 3. The number of hydrogen-bond acceptors (Lipinski definition) is 5. The van der Waals surface area contributed by atoms with E-state index >= 15 is 0 Å². The van der Waals surface area contributed by atoms with Crippen molar-refractivity contribution in [1.82, 2.24) is 5.32 Å². The Morgan fingerprint density at radius 2 is 0.603 bits per heavy atom. The fourth-order valence-electron chi connectivity index (χ4n) is 11.3. The van der Waals surface area contributed by atoms with Crippen LogP contribution in [0.4, 0.5) is 0 Å². The Labute approximate surface area is 488 Å². The SMILES string of the molecule is CCCCCCCCCCCC/C=C/C(O)C(CO)NC(=O)CCCCCCCCCCCCCCCCCCC/C=C\CCCCCCCCCCCCCCCCOC(=O)CCCCCCCCCCCCCCCC. The third-order valence-electron chi connectivity index (χ3n) is 16.7. The zero-order valence-electron chi connectivity index (χ0n) is 52.9. The smallest absolute Gasteiger partial charge is 0.305 e. The number of aliphatic hydroxyl groups is 2. The Balaban J connectivity index is 3.33. The van der Waals surface area contributed by atoms with Crippen molar-refractivity contribution in [1.29, 1.82) is 0 Å². The number of unbranched alkanes of at least 4 members (excludes halogenated alkanes) is 54. The molecule has 0 aliphatic rings. The number of rotatable bonds is 67. The molecule has 0 saturated heterocycles. The molecule has 6 nitrogen and oxygen atoms in total. The lowest BCUT2D eigenvalue weighted by atomic mass is 10.0. The Morgan fingerprint density at radius 1 is 0.346 bits per heavy atom. The van der Waals surface area contributed by atoms with Crippen molar-refractivity contribution in [2.75, 3.05) is 13.2 Å². The molecule has 2 unspecified atom stereocenters. The summed E-state index contributed by atoms with van der Waals surface area (Å²) in [7, 11) is 0.